The van der Waals surface area contributed by atoms with Crippen molar-refractivity contribution in [1.29, 1.82) is 0 Å². The van der Waals surface area contributed by atoms with Gasteiger partial charge in [0.15, 0.2) is 0 Å². The maximum Gasteiger partial charge on any atom is 0.228 e. The van der Waals surface area contributed by atoms with E-state index in [1.54, 1.807) is 7.11 Å². The van der Waals surface area contributed by atoms with E-state index >= 15 is 0 Å². The van der Waals surface area contributed by atoms with Crippen LogP contribution < -0.4 is 15.4 Å². The van der Waals surface area contributed by atoms with E-state index in [4.69, 9.17) is 4.74 Å². The van der Waals surface area contributed by atoms with E-state index in [1.807, 2.05) is 39.0 Å². The number of carbonyl (C=O) groups is 1. The molecule has 1 amide bonds. The molecule has 0 saturated carbocycles. The van der Waals surface area contributed by atoms with Crippen LogP contribution in [0.3, 0.4) is 0 Å². The summed E-state index contributed by atoms with van der Waals surface area (Å²) in [6.45, 7) is 7.45. The minimum Gasteiger partial charge on any atom is -0.497 e. The Morgan fingerprint density at radius 3 is 2.78 bits per heavy atom. The fourth-order valence-electron chi connectivity index (χ4n) is 1.57. The van der Waals surface area contributed by atoms with E-state index < -0.39 is 0 Å². The summed E-state index contributed by atoms with van der Waals surface area (Å²) in [7, 11) is 1.62. The second-order valence-electron chi connectivity index (χ2n) is 4.38. The lowest BCUT2D eigenvalue weighted by molar-refractivity contribution is -0.119. The lowest BCUT2D eigenvalue weighted by Gasteiger charge is -2.14. The van der Waals surface area contributed by atoms with Gasteiger partial charge in [0.2, 0.25) is 5.91 Å². The van der Waals surface area contributed by atoms with Crippen LogP contribution in [0.5, 0.6) is 5.75 Å². The van der Waals surface area contributed by atoms with Gasteiger partial charge in [0.1, 0.15) is 5.75 Å². The molecule has 2 N–H and O–H groups in total. The average molecular weight is 250 g/mol. The Labute approximate surface area is 109 Å². The Morgan fingerprint density at radius 1 is 1.44 bits per heavy atom. The molecule has 0 aromatic heterocycles. The molecular weight excluding hydrogens is 228 g/mol. The summed E-state index contributed by atoms with van der Waals surface area (Å²) < 4.78 is 5.15. The van der Waals surface area contributed by atoms with Crippen LogP contribution in [0.25, 0.3) is 0 Å². The molecule has 0 spiro atoms. The van der Waals surface area contributed by atoms with Crippen molar-refractivity contribution in [2.45, 2.75) is 20.8 Å². The predicted molar refractivity (Wildman–Crippen MR) is 74.1 cm³/mol. The number of benzene rings is 1. The number of hydrogen-bond acceptors (Lipinski definition) is 3. The maximum absolute atomic E-state index is 12.0. The van der Waals surface area contributed by atoms with Gasteiger partial charge in [0.25, 0.3) is 0 Å². The van der Waals surface area contributed by atoms with Gasteiger partial charge in [-0.3, -0.25) is 4.79 Å². The van der Waals surface area contributed by atoms with Gasteiger partial charge in [-0.15, -0.1) is 0 Å². The van der Waals surface area contributed by atoms with Crippen LogP contribution in [0.2, 0.25) is 0 Å². The smallest absolute Gasteiger partial charge is 0.228 e. The molecule has 0 bridgehead atoms. The van der Waals surface area contributed by atoms with Gasteiger partial charge in [0.05, 0.1) is 7.11 Å². The highest BCUT2D eigenvalue weighted by Gasteiger charge is 2.13. The second kappa shape index (κ2) is 7.01. The zero-order chi connectivity index (χ0) is 13.5. The molecule has 100 valence electrons. The monoisotopic (exact) mass is 250 g/mol. The van der Waals surface area contributed by atoms with Gasteiger partial charge >= 0.3 is 0 Å². The summed E-state index contributed by atoms with van der Waals surface area (Å²) in [4.78, 5) is 12.0. The number of nitrogens with one attached hydrogen (secondary N) is 2. The van der Waals surface area contributed by atoms with Crippen molar-refractivity contribution in [1.82, 2.24) is 5.32 Å². The third-order valence-electron chi connectivity index (χ3n) is 2.85. The number of methoxy groups -OCH3 is 1. The Balaban J connectivity index is 2.68. The number of aryl methyl sites for hydroxylation is 1. The lowest BCUT2D eigenvalue weighted by atomic mass is 10.1. The van der Waals surface area contributed by atoms with Crippen LogP contribution in [0, 0.1) is 12.8 Å². The van der Waals surface area contributed by atoms with Gasteiger partial charge in [0, 0.05) is 24.2 Å². The van der Waals surface area contributed by atoms with Gasteiger partial charge < -0.3 is 15.4 Å². The van der Waals surface area contributed by atoms with Crippen molar-refractivity contribution in [2.75, 3.05) is 25.5 Å². The molecule has 0 aliphatic rings. The number of amides is 1. The van der Waals surface area contributed by atoms with Crippen LogP contribution in [0.15, 0.2) is 18.2 Å². The lowest BCUT2D eigenvalue weighted by Crippen LogP contribution is -2.30. The summed E-state index contributed by atoms with van der Waals surface area (Å²) in [5, 5.41) is 6.10. The topological polar surface area (TPSA) is 50.4 Å². The normalized spacial score (nSPS) is 12.0. The molecule has 1 aromatic carbocycles. The molecule has 1 aromatic rings. The average Bonchev–Trinajstić information content (AvgIpc) is 2.38. The number of rotatable bonds is 6. The van der Waals surface area contributed by atoms with Crippen molar-refractivity contribution in [3.8, 4) is 5.75 Å². The van der Waals surface area contributed by atoms with Crippen LogP contribution in [0.1, 0.15) is 19.4 Å². The molecule has 0 heterocycles. The van der Waals surface area contributed by atoms with Gasteiger partial charge in [-0.05, 0) is 25.1 Å². The highest BCUT2D eigenvalue weighted by molar-refractivity contribution is 5.93. The van der Waals surface area contributed by atoms with Crippen molar-refractivity contribution in [3.63, 3.8) is 0 Å². The highest BCUT2D eigenvalue weighted by Crippen LogP contribution is 2.22. The van der Waals surface area contributed by atoms with Crippen molar-refractivity contribution in [3.05, 3.63) is 23.8 Å². The number of carbonyl (C=O) groups excluding carboxylic acids is 1. The molecule has 0 fully saturated rings. The van der Waals surface area contributed by atoms with Crippen molar-refractivity contribution in [2.24, 2.45) is 5.92 Å². The predicted octanol–water partition coefficient (Wildman–Crippen LogP) is 2.19. The molecule has 18 heavy (non-hydrogen) atoms. The SMILES string of the molecule is CCNCC(C)C(=O)Nc1cc(OC)ccc1C. The largest absolute Gasteiger partial charge is 0.497 e. The molecule has 4 heteroatoms. The molecular formula is C14H22N2O2. The Hall–Kier alpha value is -1.55. The van der Waals surface area contributed by atoms with Gasteiger partial charge in [-0.2, -0.15) is 0 Å². The van der Waals surface area contributed by atoms with Gasteiger partial charge in [-0.25, -0.2) is 0 Å². The number of anilines is 1. The van der Waals surface area contributed by atoms with Crippen molar-refractivity contribution < 1.29 is 9.53 Å². The third kappa shape index (κ3) is 4.04. The summed E-state index contributed by atoms with van der Waals surface area (Å²) >= 11 is 0. The van der Waals surface area contributed by atoms with E-state index in [9.17, 15) is 4.79 Å². The van der Waals surface area contributed by atoms with Crippen LogP contribution >= 0.6 is 0 Å². The third-order valence-corrected chi connectivity index (χ3v) is 2.85. The fourth-order valence-corrected chi connectivity index (χ4v) is 1.57. The minimum atomic E-state index is -0.0597. The van der Waals surface area contributed by atoms with Crippen LogP contribution in [0.4, 0.5) is 5.69 Å². The first-order valence-electron chi connectivity index (χ1n) is 6.24. The van der Waals surface area contributed by atoms with E-state index in [0.29, 0.717) is 6.54 Å². The molecule has 0 aliphatic carbocycles. The van der Waals surface area contributed by atoms with E-state index in [2.05, 4.69) is 10.6 Å². The molecule has 0 radical (unpaired) electrons. The number of ether oxygens (including phenoxy) is 1. The summed E-state index contributed by atoms with van der Waals surface area (Å²) in [6.07, 6.45) is 0. The molecule has 0 aliphatic heterocycles. The molecule has 4 nitrogen and oxygen atoms in total. The first-order valence-corrected chi connectivity index (χ1v) is 6.24. The molecule has 0 saturated heterocycles. The Bertz CT molecular complexity index is 405. The molecule has 1 atom stereocenters. The highest BCUT2D eigenvalue weighted by atomic mass is 16.5. The number of hydrogen-bond donors (Lipinski definition) is 2. The van der Waals surface area contributed by atoms with Gasteiger partial charge in [-0.1, -0.05) is 19.9 Å². The molecule has 1 unspecified atom stereocenters. The minimum absolute atomic E-state index is 0.0207. The van der Waals surface area contributed by atoms with E-state index in [0.717, 1.165) is 23.5 Å². The first-order chi connectivity index (χ1) is 8.58. The van der Waals surface area contributed by atoms with Crippen LogP contribution in [-0.2, 0) is 4.79 Å². The fraction of sp³-hybridized carbons (Fsp3) is 0.500. The van der Waals surface area contributed by atoms with Crippen LogP contribution in [-0.4, -0.2) is 26.1 Å². The van der Waals surface area contributed by atoms with Crippen molar-refractivity contribution >= 4 is 11.6 Å². The first kappa shape index (κ1) is 14.5. The molecule has 1 rings (SSSR count). The second-order valence-corrected chi connectivity index (χ2v) is 4.38. The van der Waals surface area contributed by atoms with E-state index in [1.165, 1.54) is 0 Å². The summed E-state index contributed by atoms with van der Waals surface area (Å²) in [5.41, 5.74) is 1.84. The standard InChI is InChI=1S/C14H22N2O2/c1-5-15-9-11(3)14(17)16-13-8-12(18-4)7-6-10(13)2/h6-8,11,15H,5,9H2,1-4H3,(H,16,17). The Kier molecular flexibility index (Phi) is 5.65. The zero-order valence-electron chi connectivity index (χ0n) is 11.5. The Morgan fingerprint density at radius 2 is 2.17 bits per heavy atom. The summed E-state index contributed by atoms with van der Waals surface area (Å²) in [5.74, 6) is 0.707. The maximum atomic E-state index is 12.0. The quantitative estimate of drug-likeness (QED) is 0.813. The van der Waals surface area contributed by atoms with E-state index in [-0.39, 0.29) is 11.8 Å². The summed E-state index contributed by atoms with van der Waals surface area (Å²) in [6, 6.07) is 5.66. The zero-order valence-corrected chi connectivity index (χ0v) is 11.5.